The van der Waals surface area contributed by atoms with E-state index < -0.39 is 6.23 Å². The molecule has 166 valence electrons. The van der Waals surface area contributed by atoms with Crippen LogP contribution in [0.25, 0.3) is 11.2 Å². The summed E-state index contributed by atoms with van der Waals surface area (Å²) in [4.78, 5) is 25.4. The highest BCUT2D eigenvalue weighted by atomic mass is 16.6. The molecule has 0 saturated carbocycles. The highest BCUT2D eigenvalue weighted by Gasteiger charge is 2.22. The molecule has 0 saturated heterocycles. The minimum absolute atomic E-state index is 0.120. The number of methoxy groups -OCH3 is 1. The molecule has 1 aromatic carbocycles. The molecule has 10 nitrogen and oxygen atoms in total. The Balaban J connectivity index is 1.85. The first kappa shape index (κ1) is 22.8. The van der Waals surface area contributed by atoms with Crippen LogP contribution < -0.4 is 5.32 Å². The molecule has 2 aromatic heterocycles. The zero-order chi connectivity index (χ0) is 22.1. The number of aliphatic hydroxyl groups excluding tert-OH is 1. The van der Waals surface area contributed by atoms with Crippen molar-refractivity contribution >= 4 is 22.9 Å². The molecule has 2 heterocycles. The number of nitrogens with one attached hydrogen (secondary N) is 1. The van der Waals surface area contributed by atoms with E-state index >= 15 is 0 Å². The van der Waals surface area contributed by atoms with E-state index in [2.05, 4.69) is 20.3 Å². The number of imidazole rings is 1. The molecule has 1 amide bonds. The lowest BCUT2D eigenvalue weighted by atomic mass is 10.2. The van der Waals surface area contributed by atoms with Crippen LogP contribution in [0.15, 0.2) is 43.0 Å². The van der Waals surface area contributed by atoms with E-state index in [-0.39, 0.29) is 25.2 Å². The molecule has 0 aliphatic carbocycles. The van der Waals surface area contributed by atoms with E-state index in [4.69, 9.17) is 14.2 Å². The summed E-state index contributed by atoms with van der Waals surface area (Å²) < 4.78 is 18.4. The Labute approximate surface area is 180 Å². The summed E-state index contributed by atoms with van der Waals surface area (Å²) in [5, 5.41) is 12.3. The summed E-state index contributed by atoms with van der Waals surface area (Å²) in [7, 11) is 1.60. The van der Waals surface area contributed by atoms with Crippen LogP contribution in [-0.4, -0.2) is 70.2 Å². The van der Waals surface area contributed by atoms with Crippen molar-refractivity contribution in [3.05, 3.63) is 48.5 Å². The van der Waals surface area contributed by atoms with Gasteiger partial charge in [0.05, 0.1) is 38.9 Å². The third-order valence-electron chi connectivity index (χ3n) is 4.64. The van der Waals surface area contributed by atoms with Crippen molar-refractivity contribution in [2.75, 3.05) is 38.9 Å². The Bertz CT molecular complexity index is 961. The van der Waals surface area contributed by atoms with Gasteiger partial charge >= 0.3 is 0 Å². The number of hydrogen-bond donors (Lipinski definition) is 2. The average molecular weight is 429 g/mol. The van der Waals surface area contributed by atoms with Gasteiger partial charge in [0.15, 0.2) is 23.2 Å². The Kier molecular flexibility index (Phi) is 8.42. The number of rotatable bonds is 12. The van der Waals surface area contributed by atoms with E-state index in [0.29, 0.717) is 42.2 Å². The monoisotopic (exact) mass is 429 g/mol. The van der Waals surface area contributed by atoms with Crippen LogP contribution >= 0.6 is 0 Å². The third-order valence-corrected chi connectivity index (χ3v) is 4.64. The Morgan fingerprint density at radius 1 is 1.19 bits per heavy atom. The first-order chi connectivity index (χ1) is 15.2. The number of fused-ring (bicyclic) bond motifs is 1. The van der Waals surface area contributed by atoms with Crippen LogP contribution in [0.4, 0.5) is 5.82 Å². The quantitative estimate of drug-likeness (QED) is 0.420. The fourth-order valence-electron chi connectivity index (χ4n) is 2.93. The van der Waals surface area contributed by atoms with Crippen molar-refractivity contribution < 1.29 is 24.1 Å². The van der Waals surface area contributed by atoms with Gasteiger partial charge in [0.25, 0.3) is 5.91 Å². The molecular formula is C21H27N5O5. The minimum atomic E-state index is -0.577. The van der Waals surface area contributed by atoms with E-state index in [0.717, 1.165) is 0 Å². The van der Waals surface area contributed by atoms with Gasteiger partial charge in [0.1, 0.15) is 6.33 Å². The highest BCUT2D eigenvalue weighted by molar-refractivity contribution is 6.06. The molecule has 0 fully saturated rings. The van der Waals surface area contributed by atoms with Gasteiger partial charge in [-0.1, -0.05) is 25.1 Å². The summed E-state index contributed by atoms with van der Waals surface area (Å²) in [5.41, 5.74) is 1.41. The van der Waals surface area contributed by atoms with Gasteiger partial charge in [-0.2, -0.15) is 0 Å². The molecular weight excluding hydrogens is 402 g/mol. The second-order valence-electron chi connectivity index (χ2n) is 6.74. The Morgan fingerprint density at radius 2 is 2.00 bits per heavy atom. The number of aliphatic hydroxyl groups is 1. The Hall–Kier alpha value is -2.92. The summed E-state index contributed by atoms with van der Waals surface area (Å²) in [5.74, 6) is 0.00281. The standard InChI is InChI=1S/C21H27N5O5/c1-3-16(11-27)31-17(12-30-10-9-29-2)26-14-24-18-19(22-13-23-20(18)26)25-21(28)15-7-5-4-6-8-15/h4-8,13-14,16-17,27H,3,9-12H2,1-2H3,(H,22,23,25,28)/t16-,17-/m1/s1. The van der Waals surface area contributed by atoms with Crippen LogP contribution in [0, 0.1) is 0 Å². The number of hydrogen-bond acceptors (Lipinski definition) is 8. The van der Waals surface area contributed by atoms with Gasteiger partial charge in [-0.3, -0.25) is 9.36 Å². The van der Waals surface area contributed by atoms with Gasteiger partial charge in [-0.15, -0.1) is 0 Å². The van der Waals surface area contributed by atoms with E-state index in [1.54, 1.807) is 42.3 Å². The maximum Gasteiger partial charge on any atom is 0.256 e. The summed E-state index contributed by atoms with van der Waals surface area (Å²) in [6, 6.07) is 8.85. The predicted molar refractivity (Wildman–Crippen MR) is 114 cm³/mol. The SMILES string of the molecule is CC[C@H](CO)O[C@H](COCCOC)n1cnc2c(NC(=O)c3ccccc3)ncnc21. The first-order valence-corrected chi connectivity index (χ1v) is 10.0. The average Bonchev–Trinajstić information content (AvgIpc) is 3.24. The van der Waals surface area contributed by atoms with Gasteiger partial charge in [-0.25, -0.2) is 15.0 Å². The van der Waals surface area contributed by atoms with Crippen molar-refractivity contribution in [2.45, 2.75) is 25.7 Å². The first-order valence-electron chi connectivity index (χ1n) is 10.0. The van der Waals surface area contributed by atoms with E-state index in [1.807, 2.05) is 13.0 Å². The fraction of sp³-hybridized carbons (Fsp3) is 0.429. The van der Waals surface area contributed by atoms with Crippen LogP contribution in [0.3, 0.4) is 0 Å². The predicted octanol–water partition coefficient (Wildman–Crippen LogP) is 2.03. The number of amides is 1. The fourth-order valence-corrected chi connectivity index (χ4v) is 2.93. The van der Waals surface area contributed by atoms with E-state index in [1.165, 1.54) is 6.33 Å². The van der Waals surface area contributed by atoms with Crippen molar-refractivity contribution in [1.82, 2.24) is 19.5 Å². The zero-order valence-electron chi connectivity index (χ0n) is 17.6. The molecule has 0 aliphatic heterocycles. The van der Waals surface area contributed by atoms with E-state index in [9.17, 15) is 9.90 Å². The molecule has 2 atom stereocenters. The molecule has 0 bridgehead atoms. The molecule has 3 rings (SSSR count). The van der Waals surface area contributed by atoms with Crippen molar-refractivity contribution in [2.24, 2.45) is 0 Å². The molecule has 0 radical (unpaired) electrons. The number of anilines is 1. The number of nitrogens with zero attached hydrogens (tertiary/aromatic N) is 4. The minimum Gasteiger partial charge on any atom is -0.394 e. The van der Waals surface area contributed by atoms with Crippen molar-refractivity contribution in [1.29, 1.82) is 0 Å². The molecule has 0 unspecified atom stereocenters. The highest BCUT2D eigenvalue weighted by Crippen LogP contribution is 2.23. The largest absolute Gasteiger partial charge is 0.394 e. The number of benzene rings is 1. The molecule has 10 heteroatoms. The zero-order valence-corrected chi connectivity index (χ0v) is 17.6. The summed E-state index contributed by atoms with van der Waals surface area (Å²) in [6.45, 7) is 2.86. The van der Waals surface area contributed by atoms with Gasteiger partial charge in [0.2, 0.25) is 0 Å². The van der Waals surface area contributed by atoms with Crippen molar-refractivity contribution in [3.63, 3.8) is 0 Å². The van der Waals surface area contributed by atoms with Gasteiger partial charge in [-0.05, 0) is 18.6 Å². The number of aromatic nitrogens is 4. The third kappa shape index (κ3) is 5.82. The maximum atomic E-state index is 12.5. The summed E-state index contributed by atoms with van der Waals surface area (Å²) >= 11 is 0. The lowest BCUT2D eigenvalue weighted by Gasteiger charge is -2.24. The number of carbonyl (C=O) groups excluding carboxylic acids is 1. The number of carbonyl (C=O) groups is 1. The maximum absolute atomic E-state index is 12.5. The second-order valence-corrected chi connectivity index (χ2v) is 6.74. The topological polar surface area (TPSA) is 121 Å². The molecule has 0 spiro atoms. The lowest BCUT2D eigenvalue weighted by Crippen LogP contribution is -2.27. The lowest BCUT2D eigenvalue weighted by molar-refractivity contribution is -0.111. The molecule has 3 aromatic rings. The van der Waals surface area contributed by atoms with Crippen LogP contribution in [0.1, 0.15) is 29.9 Å². The van der Waals surface area contributed by atoms with Crippen molar-refractivity contribution in [3.8, 4) is 0 Å². The normalized spacial score (nSPS) is 13.3. The van der Waals surface area contributed by atoms with Crippen LogP contribution in [-0.2, 0) is 14.2 Å². The number of ether oxygens (including phenoxy) is 3. The van der Waals surface area contributed by atoms with Gasteiger partial charge < -0.3 is 24.6 Å². The van der Waals surface area contributed by atoms with Gasteiger partial charge in [0, 0.05) is 12.7 Å². The van der Waals surface area contributed by atoms with Crippen LogP contribution in [0.5, 0.6) is 0 Å². The van der Waals surface area contributed by atoms with Crippen LogP contribution in [0.2, 0.25) is 0 Å². The Morgan fingerprint density at radius 3 is 2.71 bits per heavy atom. The molecule has 2 N–H and O–H groups in total. The summed E-state index contributed by atoms with van der Waals surface area (Å²) in [6.07, 6.45) is 2.60. The second kappa shape index (κ2) is 11.5. The smallest absolute Gasteiger partial charge is 0.256 e. The molecule has 31 heavy (non-hydrogen) atoms. The molecule has 0 aliphatic rings.